The highest BCUT2D eigenvalue weighted by Gasteiger charge is 2.39. The summed E-state index contributed by atoms with van der Waals surface area (Å²) in [6.45, 7) is 0.578. The van der Waals surface area contributed by atoms with Crippen molar-refractivity contribution >= 4 is 29.7 Å². The summed E-state index contributed by atoms with van der Waals surface area (Å²) in [7, 11) is 1.63. The summed E-state index contributed by atoms with van der Waals surface area (Å²) in [6.07, 6.45) is 2.58. The number of rotatable bonds is 9. The number of carbonyl (C=O) groups is 4. The van der Waals surface area contributed by atoms with Crippen LogP contribution in [-0.4, -0.2) is 94.3 Å². The number of nitrogens with zero attached hydrogens (tertiary/aromatic N) is 3. The monoisotopic (exact) mass is 472 g/mol. The summed E-state index contributed by atoms with van der Waals surface area (Å²) in [4.78, 5) is 55.1. The third-order valence-electron chi connectivity index (χ3n) is 6.27. The number of likely N-dealkylation sites (N-methyl/N-ethyl adjacent to an activating group) is 1. The summed E-state index contributed by atoms with van der Waals surface area (Å²) in [5.41, 5.74) is 5.94. The average molecular weight is 473 g/mol. The molecule has 34 heavy (non-hydrogen) atoms. The van der Waals surface area contributed by atoms with Gasteiger partial charge < -0.3 is 30.9 Å². The van der Waals surface area contributed by atoms with Crippen LogP contribution in [0.15, 0.2) is 30.3 Å². The van der Waals surface area contributed by atoms with Gasteiger partial charge in [-0.25, -0.2) is 0 Å². The number of hydrogen-bond donors (Lipinski definition) is 4. The van der Waals surface area contributed by atoms with Gasteiger partial charge in [0.15, 0.2) is 5.96 Å². The number of amides is 3. The number of hydrogen-bond acceptors (Lipinski definition) is 5. The molecule has 11 nitrogen and oxygen atoms in total. The molecule has 1 saturated carbocycles. The van der Waals surface area contributed by atoms with Gasteiger partial charge in [-0.1, -0.05) is 18.2 Å². The fourth-order valence-electron chi connectivity index (χ4n) is 4.16. The number of benzene rings is 1. The number of carbonyl (C=O) groups excluding carboxylic acids is 3. The minimum Gasteiger partial charge on any atom is -0.480 e. The first-order valence-electron chi connectivity index (χ1n) is 11.4. The van der Waals surface area contributed by atoms with Crippen molar-refractivity contribution in [1.29, 1.82) is 5.41 Å². The molecule has 0 radical (unpaired) electrons. The van der Waals surface area contributed by atoms with E-state index < -0.39 is 30.4 Å². The Kier molecular flexibility index (Phi) is 8.08. The van der Waals surface area contributed by atoms with Gasteiger partial charge >= 0.3 is 5.97 Å². The summed E-state index contributed by atoms with van der Waals surface area (Å²) in [5.74, 6) is -2.65. The summed E-state index contributed by atoms with van der Waals surface area (Å²) in [5, 5.41) is 19.6. The molecule has 2 fully saturated rings. The maximum atomic E-state index is 13.3. The first-order chi connectivity index (χ1) is 16.2. The molecule has 1 aromatic rings. The number of nitrogens with two attached hydrogens (primary N) is 1. The van der Waals surface area contributed by atoms with Crippen molar-refractivity contribution in [2.24, 2.45) is 5.73 Å². The Bertz CT molecular complexity index is 935. The van der Waals surface area contributed by atoms with Crippen LogP contribution in [0.3, 0.4) is 0 Å². The second kappa shape index (κ2) is 11.0. The van der Waals surface area contributed by atoms with Gasteiger partial charge in [-0.2, -0.15) is 0 Å². The standard InChI is InChI=1S/C23H32N6O5/c1-27(17-8-5-11-28(13-17)23(24)25)19(30)12-18(26-21(33)15-6-3-2-4-7-15)22(34)29(14-20(31)32)16-9-10-16/h2-4,6-7,16-18H,5,8-14H2,1H3,(H3,24,25)(H,26,33)(H,31,32)/t17-,18-/m0/s1. The minimum atomic E-state index is -1.20. The molecule has 3 amide bonds. The molecule has 11 heteroatoms. The second-order valence-corrected chi connectivity index (χ2v) is 8.82. The van der Waals surface area contributed by atoms with Crippen LogP contribution in [0.4, 0.5) is 0 Å². The van der Waals surface area contributed by atoms with Crippen molar-refractivity contribution in [2.45, 2.75) is 50.2 Å². The molecule has 1 saturated heterocycles. The van der Waals surface area contributed by atoms with E-state index in [4.69, 9.17) is 11.1 Å². The van der Waals surface area contributed by atoms with Crippen LogP contribution in [0.25, 0.3) is 0 Å². The quantitative estimate of drug-likeness (QED) is 0.292. The molecule has 3 rings (SSSR count). The van der Waals surface area contributed by atoms with Gasteiger partial charge in [-0.3, -0.25) is 24.6 Å². The van der Waals surface area contributed by atoms with E-state index in [9.17, 15) is 24.3 Å². The molecule has 0 unspecified atom stereocenters. The lowest BCUT2D eigenvalue weighted by molar-refractivity contribution is -0.146. The van der Waals surface area contributed by atoms with Crippen LogP contribution >= 0.6 is 0 Å². The highest BCUT2D eigenvalue weighted by atomic mass is 16.4. The number of guanidine groups is 1. The molecule has 1 heterocycles. The Morgan fingerprint density at radius 1 is 1.18 bits per heavy atom. The molecule has 0 spiro atoms. The zero-order valence-corrected chi connectivity index (χ0v) is 19.3. The topological polar surface area (TPSA) is 160 Å². The van der Waals surface area contributed by atoms with E-state index in [0.717, 1.165) is 12.8 Å². The maximum absolute atomic E-state index is 13.3. The highest BCUT2D eigenvalue weighted by molar-refractivity contribution is 5.99. The zero-order chi connectivity index (χ0) is 24.8. The first-order valence-corrected chi connectivity index (χ1v) is 11.4. The van der Waals surface area contributed by atoms with Gasteiger partial charge in [-0.15, -0.1) is 0 Å². The van der Waals surface area contributed by atoms with Crippen molar-refractivity contribution in [3.05, 3.63) is 35.9 Å². The van der Waals surface area contributed by atoms with Crippen LogP contribution in [0.5, 0.6) is 0 Å². The molecule has 184 valence electrons. The van der Waals surface area contributed by atoms with Gasteiger partial charge in [0.25, 0.3) is 5.91 Å². The van der Waals surface area contributed by atoms with Gasteiger partial charge in [0.2, 0.25) is 11.8 Å². The van der Waals surface area contributed by atoms with Gasteiger partial charge in [0.05, 0.1) is 6.42 Å². The van der Waals surface area contributed by atoms with E-state index in [1.807, 2.05) is 0 Å². The van der Waals surface area contributed by atoms with E-state index in [-0.39, 0.29) is 30.4 Å². The van der Waals surface area contributed by atoms with E-state index in [0.29, 0.717) is 31.5 Å². The number of likely N-dealkylation sites (tertiary alicyclic amines) is 1. The predicted molar refractivity (Wildman–Crippen MR) is 124 cm³/mol. The molecular weight excluding hydrogens is 440 g/mol. The lowest BCUT2D eigenvalue weighted by Crippen LogP contribution is -2.55. The number of aliphatic carboxylic acids is 1. The van der Waals surface area contributed by atoms with Crippen LogP contribution < -0.4 is 11.1 Å². The molecule has 0 aromatic heterocycles. The second-order valence-electron chi connectivity index (χ2n) is 8.82. The van der Waals surface area contributed by atoms with E-state index in [2.05, 4.69) is 5.32 Å². The lowest BCUT2D eigenvalue weighted by atomic mass is 10.0. The molecule has 1 aromatic carbocycles. The number of nitrogens with one attached hydrogen (secondary N) is 2. The predicted octanol–water partition coefficient (Wildman–Crippen LogP) is 0.0670. The van der Waals surface area contributed by atoms with E-state index in [1.165, 1.54) is 9.80 Å². The fourth-order valence-corrected chi connectivity index (χ4v) is 4.16. The number of carboxylic acids is 1. The lowest BCUT2D eigenvalue weighted by Gasteiger charge is -2.38. The number of carboxylic acid groups (broad SMARTS) is 1. The van der Waals surface area contributed by atoms with Crippen molar-refractivity contribution < 1.29 is 24.3 Å². The van der Waals surface area contributed by atoms with Crippen molar-refractivity contribution in [3.63, 3.8) is 0 Å². The third-order valence-corrected chi connectivity index (χ3v) is 6.27. The largest absolute Gasteiger partial charge is 0.480 e. The van der Waals surface area contributed by atoms with Crippen molar-refractivity contribution in [2.75, 3.05) is 26.7 Å². The Labute approximate surface area is 198 Å². The van der Waals surface area contributed by atoms with Crippen LogP contribution in [0.1, 0.15) is 42.5 Å². The van der Waals surface area contributed by atoms with Gasteiger partial charge in [0, 0.05) is 37.8 Å². The summed E-state index contributed by atoms with van der Waals surface area (Å²) >= 11 is 0. The zero-order valence-electron chi connectivity index (χ0n) is 19.3. The van der Waals surface area contributed by atoms with Crippen LogP contribution in [0.2, 0.25) is 0 Å². The average Bonchev–Trinajstić information content (AvgIpc) is 3.67. The molecule has 1 aliphatic heterocycles. The third kappa shape index (κ3) is 6.46. The SMILES string of the molecule is CN(C(=O)C[C@H](NC(=O)c1ccccc1)C(=O)N(CC(=O)O)C1CC1)[C@H]1CCCN(C(=N)N)C1. The Hall–Kier alpha value is -3.63. The van der Waals surface area contributed by atoms with E-state index in [1.54, 1.807) is 42.3 Å². The Morgan fingerprint density at radius 3 is 2.44 bits per heavy atom. The maximum Gasteiger partial charge on any atom is 0.323 e. The Morgan fingerprint density at radius 2 is 1.85 bits per heavy atom. The fraction of sp³-hybridized carbons (Fsp3) is 0.522. The smallest absolute Gasteiger partial charge is 0.323 e. The molecule has 2 aliphatic rings. The van der Waals surface area contributed by atoms with Crippen LogP contribution in [-0.2, 0) is 14.4 Å². The molecule has 2 atom stereocenters. The van der Waals surface area contributed by atoms with Crippen LogP contribution in [0, 0.1) is 5.41 Å². The normalized spacial score (nSPS) is 18.5. The summed E-state index contributed by atoms with van der Waals surface area (Å²) in [6, 6.07) is 6.74. The summed E-state index contributed by atoms with van der Waals surface area (Å²) < 4.78 is 0. The van der Waals surface area contributed by atoms with Crippen molar-refractivity contribution in [1.82, 2.24) is 20.0 Å². The first kappa shape index (κ1) is 25.0. The number of piperidine rings is 1. The van der Waals surface area contributed by atoms with Gasteiger partial charge in [0.1, 0.15) is 12.6 Å². The van der Waals surface area contributed by atoms with Gasteiger partial charge in [-0.05, 0) is 37.8 Å². The Balaban J connectivity index is 1.76. The van der Waals surface area contributed by atoms with E-state index >= 15 is 0 Å². The molecular formula is C23H32N6O5. The highest BCUT2D eigenvalue weighted by Crippen LogP contribution is 2.27. The minimum absolute atomic E-state index is 0.0533. The molecule has 0 bridgehead atoms. The van der Waals surface area contributed by atoms with Crippen molar-refractivity contribution in [3.8, 4) is 0 Å². The molecule has 5 N–H and O–H groups in total. The molecule has 1 aliphatic carbocycles.